The maximum atomic E-state index is 3.53. The molecule has 0 saturated carbocycles. The first kappa shape index (κ1) is 11.3. The van der Waals surface area contributed by atoms with Crippen LogP contribution in [0.25, 0.3) is 0 Å². The fourth-order valence-corrected chi connectivity index (χ4v) is 2.45. The fraction of sp³-hybridized carbons (Fsp3) is 0.571. The van der Waals surface area contributed by atoms with Crippen molar-refractivity contribution in [3.05, 3.63) is 23.8 Å². The maximum absolute atomic E-state index is 3.53. The van der Waals surface area contributed by atoms with Crippen LogP contribution in [0.1, 0.15) is 26.3 Å². The minimum absolute atomic E-state index is 0.597. The minimum Gasteiger partial charge on any atom is -0.381 e. The summed E-state index contributed by atoms with van der Waals surface area (Å²) in [5, 5.41) is 3.53. The molecule has 88 valence electrons. The summed E-state index contributed by atoms with van der Waals surface area (Å²) in [6.07, 6.45) is 1.10. The lowest BCUT2D eigenvalue weighted by molar-refractivity contribution is 0.482. The van der Waals surface area contributed by atoms with Crippen LogP contribution in [0.4, 0.5) is 11.4 Å². The number of hydrogen-bond acceptors (Lipinski definition) is 2. The summed E-state index contributed by atoms with van der Waals surface area (Å²) in [7, 11) is 2.21. The van der Waals surface area contributed by atoms with E-state index in [0.29, 0.717) is 12.0 Å². The van der Waals surface area contributed by atoms with Gasteiger partial charge in [-0.1, -0.05) is 26.8 Å². The zero-order chi connectivity index (χ0) is 11.7. The van der Waals surface area contributed by atoms with Crippen LogP contribution in [0.15, 0.2) is 18.2 Å². The van der Waals surface area contributed by atoms with Crippen molar-refractivity contribution >= 4 is 11.4 Å². The Kier molecular flexibility index (Phi) is 3.08. The number of hydrogen-bond donors (Lipinski definition) is 1. The Morgan fingerprint density at radius 1 is 1.44 bits per heavy atom. The molecule has 0 radical (unpaired) electrons. The molecule has 0 aliphatic carbocycles. The Labute approximate surface area is 98.7 Å². The molecule has 1 aliphatic heterocycles. The largest absolute Gasteiger partial charge is 0.381 e. The van der Waals surface area contributed by atoms with Crippen molar-refractivity contribution in [1.82, 2.24) is 0 Å². The lowest BCUT2D eigenvalue weighted by atomic mass is 9.98. The van der Waals surface area contributed by atoms with Crippen LogP contribution in [-0.4, -0.2) is 19.6 Å². The predicted octanol–water partition coefficient (Wildman–Crippen LogP) is 3.14. The van der Waals surface area contributed by atoms with Gasteiger partial charge in [0.1, 0.15) is 0 Å². The van der Waals surface area contributed by atoms with Crippen LogP contribution in [0.3, 0.4) is 0 Å². The lowest BCUT2D eigenvalue weighted by Gasteiger charge is -2.39. The Morgan fingerprint density at radius 2 is 2.19 bits per heavy atom. The summed E-state index contributed by atoms with van der Waals surface area (Å²) in [6.45, 7) is 7.83. The van der Waals surface area contributed by atoms with Gasteiger partial charge in [-0.25, -0.2) is 0 Å². The highest BCUT2D eigenvalue weighted by Crippen LogP contribution is 2.33. The molecule has 2 nitrogen and oxygen atoms in total. The van der Waals surface area contributed by atoms with Crippen LogP contribution in [0.5, 0.6) is 0 Å². The Hall–Kier alpha value is -1.18. The number of anilines is 2. The van der Waals surface area contributed by atoms with Crippen molar-refractivity contribution in [3.8, 4) is 0 Å². The third-order valence-electron chi connectivity index (χ3n) is 3.62. The van der Waals surface area contributed by atoms with Gasteiger partial charge in [0.2, 0.25) is 0 Å². The maximum Gasteiger partial charge on any atom is 0.0605 e. The van der Waals surface area contributed by atoms with Crippen molar-refractivity contribution < 1.29 is 0 Å². The zero-order valence-electron chi connectivity index (χ0n) is 10.7. The molecule has 1 heterocycles. The average molecular weight is 218 g/mol. The summed E-state index contributed by atoms with van der Waals surface area (Å²) in [5.74, 6) is 0.677. The molecule has 0 fully saturated rings. The molecule has 0 saturated heterocycles. The van der Waals surface area contributed by atoms with E-state index >= 15 is 0 Å². The van der Waals surface area contributed by atoms with Crippen molar-refractivity contribution in [2.45, 2.75) is 33.2 Å². The molecule has 0 aromatic heterocycles. The summed E-state index contributed by atoms with van der Waals surface area (Å²) in [6, 6.07) is 7.34. The van der Waals surface area contributed by atoms with Crippen molar-refractivity contribution in [3.63, 3.8) is 0 Å². The number of nitrogens with zero attached hydrogens (tertiary/aromatic N) is 1. The highest BCUT2D eigenvalue weighted by molar-refractivity contribution is 5.73. The van der Waals surface area contributed by atoms with Crippen LogP contribution in [-0.2, 0) is 6.42 Å². The molecule has 1 unspecified atom stereocenters. The van der Waals surface area contributed by atoms with Gasteiger partial charge in [0.15, 0.2) is 0 Å². The number of benzene rings is 1. The Morgan fingerprint density at radius 3 is 2.81 bits per heavy atom. The van der Waals surface area contributed by atoms with E-state index in [4.69, 9.17) is 0 Å². The number of aryl methyl sites for hydroxylation is 1. The topological polar surface area (TPSA) is 15.3 Å². The fourth-order valence-electron chi connectivity index (χ4n) is 2.45. The quantitative estimate of drug-likeness (QED) is 0.820. The van der Waals surface area contributed by atoms with Crippen LogP contribution >= 0.6 is 0 Å². The van der Waals surface area contributed by atoms with Crippen LogP contribution < -0.4 is 10.2 Å². The predicted molar refractivity (Wildman–Crippen MR) is 71.3 cm³/mol. The number of likely N-dealkylation sites (N-methyl/N-ethyl adjacent to an activating group) is 1. The molecule has 2 heteroatoms. The first-order chi connectivity index (χ1) is 7.63. The monoisotopic (exact) mass is 218 g/mol. The second kappa shape index (κ2) is 4.36. The molecule has 2 rings (SSSR count). The van der Waals surface area contributed by atoms with E-state index in [1.807, 2.05) is 0 Å². The molecule has 16 heavy (non-hydrogen) atoms. The molecular weight excluding hydrogens is 196 g/mol. The van der Waals surface area contributed by atoms with Gasteiger partial charge < -0.3 is 10.2 Å². The molecule has 0 spiro atoms. The van der Waals surface area contributed by atoms with E-state index in [-0.39, 0.29) is 0 Å². The van der Waals surface area contributed by atoms with E-state index in [0.717, 1.165) is 13.0 Å². The number of rotatable bonds is 2. The normalized spacial score (nSPS) is 19.6. The number of fused-ring (bicyclic) bond motifs is 1. The van der Waals surface area contributed by atoms with E-state index in [1.165, 1.54) is 16.9 Å². The highest BCUT2D eigenvalue weighted by atomic mass is 15.2. The van der Waals surface area contributed by atoms with Gasteiger partial charge in [0.05, 0.1) is 11.4 Å². The third-order valence-corrected chi connectivity index (χ3v) is 3.62. The van der Waals surface area contributed by atoms with Crippen molar-refractivity contribution in [2.24, 2.45) is 5.92 Å². The summed E-state index contributed by atoms with van der Waals surface area (Å²) < 4.78 is 0. The number of nitrogens with one attached hydrogen (secondary N) is 1. The lowest BCUT2D eigenvalue weighted by Crippen LogP contribution is -2.44. The van der Waals surface area contributed by atoms with E-state index in [9.17, 15) is 0 Å². The van der Waals surface area contributed by atoms with Crippen LogP contribution in [0.2, 0.25) is 0 Å². The minimum atomic E-state index is 0.597. The van der Waals surface area contributed by atoms with Gasteiger partial charge in [0, 0.05) is 19.6 Å². The molecule has 1 aromatic rings. The van der Waals surface area contributed by atoms with Gasteiger partial charge in [-0.05, 0) is 30.0 Å². The van der Waals surface area contributed by atoms with Crippen molar-refractivity contribution in [2.75, 3.05) is 23.8 Å². The second-order valence-corrected chi connectivity index (χ2v) is 5.01. The molecule has 1 aliphatic rings. The summed E-state index contributed by atoms with van der Waals surface area (Å²) in [4.78, 5) is 2.43. The van der Waals surface area contributed by atoms with Gasteiger partial charge in [-0.2, -0.15) is 0 Å². The molecule has 1 atom stereocenters. The smallest absolute Gasteiger partial charge is 0.0605 e. The Bertz CT molecular complexity index is 371. The first-order valence-corrected chi connectivity index (χ1v) is 6.23. The standard InChI is InChI=1S/C14H22N2/c1-5-11-6-7-12-13(8-11)16(4)14(9-15-12)10(2)3/h6-8,10,14-15H,5,9H2,1-4H3. The Balaban J connectivity index is 2.34. The molecule has 0 bridgehead atoms. The van der Waals surface area contributed by atoms with E-state index in [2.05, 4.69) is 56.2 Å². The molecule has 1 aromatic carbocycles. The highest BCUT2D eigenvalue weighted by Gasteiger charge is 2.25. The SMILES string of the molecule is CCc1ccc2c(c1)N(C)C(C(C)C)CN2. The second-order valence-electron chi connectivity index (χ2n) is 5.01. The molecule has 0 amide bonds. The van der Waals surface area contributed by atoms with Gasteiger partial charge >= 0.3 is 0 Å². The molecular formula is C14H22N2. The third kappa shape index (κ3) is 1.89. The van der Waals surface area contributed by atoms with Crippen molar-refractivity contribution in [1.29, 1.82) is 0 Å². The molecule has 1 N–H and O–H groups in total. The van der Waals surface area contributed by atoms with Crippen LogP contribution in [0, 0.1) is 5.92 Å². The zero-order valence-corrected chi connectivity index (χ0v) is 10.7. The summed E-state index contributed by atoms with van der Waals surface area (Å²) in [5.41, 5.74) is 4.04. The first-order valence-electron chi connectivity index (χ1n) is 6.23. The van der Waals surface area contributed by atoms with E-state index in [1.54, 1.807) is 0 Å². The van der Waals surface area contributed by atoms with Gasteiger partial charge in [-0.15, -0.1) is 0 Å². The van der Waals surface area contributed by atoms with Gasteiger partial charge in [0.25, 0.3) is 0 Å². The van der Waals surface area contributed by atoms with Gasteiger partial charge in [-0.3, -0.25) is 0 Å². The summed E-state index contributed by atoms with van der Waals surface area (Å²) >= 11 is 0. The average Bonchev–Trinajstić information content (AvgIpc) is 2.28. The van der Waals surface area contributed by atoms with E-state index < -0.39 is 0 Å².